The highest BCUT2D eigenvalue weighted by atomic mass is 16.5. The molecule has 8 heteroatoms. The van der Waals surface area contributed by atoms with Gasteiger partial charge in [-0.25, -0.2) is 4.79 Å². The van der Waals surface area contributed by atoms with Crippen molar-refractivity contribution in [2.24, 2.45) is 0 Å². The lowest BCUT2D eigenvalue weighted by molar-refractivity contribution is -0.153. The Morgan fingerprint density at radius 3 is 2.48 bits per heavy atom. The Labute approximate surface area is 124 Å². The van der Waals surface area contributed by atoms with Crippen molar-refractivity contribution in [3.05, 3.63) is 0 Å². The third-order valence-electron chi connectivity index (χ3n) is 3.49. The van der Waals surface area contributed by atoms with Crippen molar-refractivity contribution in [2.75, 3.05) is 47.0 Å². The van der Waals surface area contributed by atoms with Crippen LogP contribution in [0.4, 0.5) is 4.79 Å². The van der Waals surface area contributed by atoms with Crippen LogP contribution in [-0.2, 0) is 19.1 Å². The second-order valence-electron chi connectivity index (χ2n) is 5.09. The average Bonchev–Trinajstić information content (AvgIpc) is 2.48. The van der Waals surface area contributed by atoms with E-state index in [1.165, 1.54) is 19.1 Å². The van der Waals surface area contributed by atoms with Gasteiger partial charge in [-0.15, -0.1) is 0 Å². The van der Waals surface area contributed by atoms with Crippen LogP contribution in [0.25, 0.3) is 0 Å². The Morgan fingerprint density at radius 1 is 1.29 bits per heavy atom. The molecule has 0 spiro atoms. The molecule has 1 aliphatic heterocycles. The first-order valence-corrected chi connectivity index (χ1v) is 6.81. The van der Waals surface area contributed by atoms with E-state index in [1.54, 1.807) is 13.8 Å². The number of piperazine rings is 1. The van der Waals surface area contributed by atoms with Gasteiger partial charge in [0.2, 0.25) is 0 Å². The summed E-state index contributed by atoms with van der Waals surface area (Å²) in [4.78, 5) is 38.0. The SMILES string of the molecule is CCN1CCN(C(=O)NC[C@](C)(COC)OC)C(=O)C1=O. The number of likely N-dealkylation sites (N-methyl/N-ethyl adjacent to an activating group) is 1. The summed E-state index contributed by atoms with van der Waals surface area (Å²) < 4.78 is 10.3. The lowest BCUT2D eigenvalue weighted by atomic mass is 10.1. The van der Waals surface area contributed by atoms with Crippen LogP contribution in [0.2, 0.25) is 0 Å². The molecule has 1 aliphatic rings. The number of imide groups is 1. The van der Waals surface area contributed by atoms with Crippen molar-refractivity contribution < 1.29 is 23.9 Å². The van der Waals surface area contributed by atoms with Crippen molar-refractivity contribution in [1.29, 1.82) is 0 Å². The summed E-state index contributed by atoms with van der Waals surface area (Å²) in [5.41, 5.74) is -0.692. The molecule has 0 bridgehead atoms. The summed E-state index contributed by atoms with van der Waals surface area (Å²) in [6.45, 7) is 5.03. The Morgan fingerprint density at radius 2 is 1.95 bits per heavy atom. The molecular weight excluding hydrogens is 278 g/mol. The Hall–Kier alpha value is -1.67. The van der Waals surface area contributed by atoms with Crippen LogP contribution >= 0.6 is 0 Å². The monoisotopic (exact) mass is 301 g/mol. The first kappa shape index (κ1) is 17.4. The third-order valence-corrected chi connectivity index (χ3v) is 3.49. The van der Waals surface area contributed by atoms with Gasteiger partial charge >= 0.3 is 17.8 Å². The number of ether oxygens (including phenoxy) is 2. The maximum atomic E-state index is 12.0. The fourth-order valence-corrected chi connectivity index (χ4v) is 2.02. The molecule has 0 aromatic carbocycles. The quantitative estimate of drug-likeness (QED) is 0.664. The standard InChI is InChI=1S/C13H23N3O5/c1-5-15-6-7-16(11(18)10(15)17)12(19)14-8-13(2,21-4)9-20-3/h5-9H2,1-4H3,(H,14,19)/t13-/m1/s1. The molecule has 0 aliphatic carbocycles. The van der Waals surface area contributed by atoms with E-state index in [2.05, 4.69) is 5.32 Å². The Kier molecular flexibility index (Phi) is 6.10. The van der Waals surface area contributed by atoms with Gasteiger partial charge in [0.1, 0.15) is 5.60 Å². The molecule has 8 nitrogen and oxygen atoms in total. The van der Waals surface area contributed by atoms with Gasteiger partial charge in [-0.05, 0) is 13.8 Å². The molecule has 4 amide bonds. The maximum absolute atomic E-state index is 12.0. The van der Waals surface area contributed by atoms with E-state index < -0.39 is 23.4 Å². The number of nitrogens with zero attached hydrogens (tertiary/aromatic N) is 2. The molecule has 1 N–H and O–H groups in total. The van der Waals surface area contributed by atoms with Gasteiger partial charge in [0, 0.05) is 33.9 Å². The lowest BCUT2D eigenvalue weighted by Crippen LogP contribution is -2.59. The Bertz CT molecular complexity index is 415. The molecule has 21 heavy (non-hydrogen) atoms. The van der Waals surface area contributed by atoms with Gasteiger partial charge in [-0.2, -0.15) is 0 Å². The van der Waals surface area contributed by atoms with E-state index in [0.29, 0.717) is 19.7 Å². The number of carbonyl (C=O) groups is 3. The molecule has 1 fully saturated rings. The summed E-state index contributed by atoms with van der Waals surface area (Å²) in [5, 5.41) is 2.60. The van der Waals surface area contributed by atoms with Crippen LogP contribution in [0.1, 0.15) is 13.8 Å². The minimum absolute atomic E-state index is 0.172. The van der Waals surface area contributed by atoms with E-state index in [9.17, 15) is 14.4 Å². The number of urea groups is 1. The van der Waals surface area contributed by atoms with Crippen molar-refractivity contribution in [3.8, 4) is 0 Å². The van der Waals surface area contributed by atoms with Gasteiger partial charge in [0.15, 0.2) is 0 Å². The minimum Gasteiger partial charge on any atom is -0.382 e. The highest BCUT2D eigenvalue weighted by Gasteiger charge is 2.36. The first-order valence-electron chi connectivity index (χ1n) is 6.81. The predicted octanol–water partition coefficient (Wildman–Crippen LogP) is -0.562. The van der Waals surface area contributed by atoms with Crippen molar-refractivity contribution >= 4 is 17.8 Å². The zero-order valence-electron chi connectivity index (χ0n) is 13.0. The van der Waals surface area contributed by atoms with Crippen molar-refractivity contribution in [2.45, 2.75) is 19.4 Å². The van der Waals surface area contributed by atoms with Crippen LogP contribution in [0.5, 0.6) is 0 Å². The van der Waals surface area contributed by atoms with Crippen LogP contribution in [0.3, 0.4) is 0 Å². The number of methoxy groups -OCH3 is 2. The van der Waals surface area contributed by atoms with Gasteiger partial charge in [0.25, 0.3) is 0 Å². The number of nitrogens with one attached hydrogen (secondary N) is 1. The van der Waals surface area contributed by atoms with Gasteiger partial charge < -0.3 is 19.7 Å². The zero-order chi connectivity index (χ0) is 16.0. The molecule has 1 rings (SSSR count). The molecule has 0 radical (unpaired) electrons. The summed E-state index contributed by atoms with van der Waals surface area (Å²) in [6, 6.07) is -0.594. The van der Waals surface area contributed by atoms with Gasteiger partial charge in [-0.3, -0.25) is 14.5 Å². The third kappa shape index (κ3) is 4.15. The largest absolute Gasteiger partial charge is 0.382 e. The predicted molar refractivity (Wildman–Crippen MR) is 74.7 cm³/mol. The molecular formula is C13H23N3O5. The lowest BCUT2D eigenvalue weighted by Gasteiger charge is -2.33. The van der Waals surface area contributed by atoms with Crippen molar-refractivity contribution in [3.63, 3.8) is 0 Å². The second kappa shape index (κ2) is 7.37. The average molecular weight is 301 g/mol. The van der Waals surface area contributed by atoms with Crippen LogP contribution in [0.15, 0.2) is 0 Å². The van der Waals surface area contributed by atoms with Gasteiger partial charge in [-0.1, -0.05) is 0 Å². The summed E-state index contributed by atoms with van der Waals surface area (Å²) in [5.74, 6) is -1.45. The van der Waals surface area contributed by atoms with Crippen molar-refractivity contribution in [1.82, 2.24) is 15.1 Å². The van der Waals surface area contributed by atoms with Gasteiger partial charge in [0.05, 0.1) is 13.2 Å². The highest BCUT2D eigenvalue weighted by molar-refractivity contribution is 6.38. The molecule has 0 unspecified atom stereocenters. The van der Waals surface area contributed by atoms with E-state index in [4.69, 9.17) is 9.47 Å². The molecule has 0 aromatic rings. The molecule has 0 aromatic heterocycles. The summed E-state index contributed by atoms with van der Waals surface area (Å²) in [6.07, 6.45) is 0. The molecule has 120 valence electrons. The number of hydrogen-bond acceptors (Lipinski definition) is 5. The van der Waals surface area contributed by atoms with Crippen LogP contribution in [0, 0.1) is 0 Å². The Balaban J connectivity index is 2.60. The topological polar surface area (TPSA) is 88.2 Å². The van der Waals surface area contributed by atoms with E-state index in [0.717, 1.165) is 4.90 Å². The second-order valence-corrected chi connectivity index (χ2v) is 5.09. The smallest absolute Gasteiger partial charge is 0.324 e. The van der Waals surface area contributed by atoms with E-state index in [1.807, 2.05) is 0 Å². The number of hydrogen-bond donors (Lipinski definition) is 1. The number of carbonyl (C=O) groups excluding carboxylic acids is 3. The van der Waals surface area contributed by atoms with E-state index in [-0.39, 0.29) is 13.1 Å². The molecule has 0 saturated carbocycles. The highest BCUT2D eigenvalue weighted by Crippen LogP contribution is 2.09. The maximum Gasteiger partial charge on any atom is 0.324 e. The van der Waals surface area contributed by atoms with Crippen LogP contribution < -0.4 is 5.32 Å². The molecule has 1 saturated heterocycles. The summed E-state index contributed by atoms with van der Waals surface area (Å²) >= 11 is 0. The van der Waals surface area contributed by atoms with Crippen LogP contribution in [-0.4, -0.2) is 80.3 Å². The van der Waals surface area contributed by atoms with E-state index >= 15 is 0 Å². The normalized spacial score (nSPS) is 18.7. The number of rotatable bonds is 6. The molecule has 1 atom stereocenters. The fraction of sp³-hybridized carbons (Fsp3) is 0.769. The fourth-order valence-electron chi connectivity index (χ4n) is 2.02. The zero-order valence-corrected chi connectivity index (χ0v) is 13.0. The first-order chi connectivity index (χ1) is 9.88. The number of amides is 4. The molecule has 1 heterocycles. The summed E-state index contributed by atoms with van der Waals surface area (Å²) in [7, 11) is 3.05. The minimum atomic E-state index is -0.800.